The first-order valence-corrected chi connectivity index (χ1v) is 2.90. The highest BCUT2D eigenvalue weighted by atomic mass is 16.5. The van der Waals surface area contributed by atoms with Crippen LogP contribution in [0, 0.1) is 22.7 Å². The van der Waals surface area contributed by atoms with Crippen LogP contribution in [-0.2, 0) is 4.74 Å². The second-order valence-corrected chi connectivity index (χ2v) is 1.59. The predicted octanol–water partition coefficient (Wildman–Crippen LogP) is 1.34. The first-order chi connectivity index (χ1) is 4.76. The Labute approximate surface area is 60.1 Å². The fourth-order valence-electron chi connectivity index (χ4n) is 0.471. The first kappa shape index (κ1) is 8.52. The Hall–Kier alpha value is -1.48. The van der Waals surface area contributed by atoms with Gasteiger partial charge in [-0.05, 0) is 13.8 Å². The SMILES string of the molecule is CCO[13C]([13CH3])=C(C#N)C#N. The molecular formula is C7H8N2O. The minimum absolute atomic E-state index is 0.0434. The van der Waals surface area contributed by atoms with Crippen LogP contribution in [0.15, 0.2) is 11.3 Å². The van der Waals surface area contributed by atoms with Gasteiger partial charge in [0.15, 0.2) is 5.57 Å². The summed E-state index contributed by atoms with van der Waals surface area (Å²) in [5.41, 5.74) is 0.0434. The standard InChI is InChI=1S/C7H8N2O/c1-3-10-6(2)7(4-8)5-9/h3H2,1-2H3/i2+1,6+1. The summed E-state index contributed by atoms with van der Waals surface area (Å²) in [6, 6.07) is 3.46. The Bertz CT molecular complexity index is 201. The molecule has 0 atom stereocenters. The maximum atomic E-state index is 8.31. The number of ether oxygens (including phenoxy) is 1. The van der Waals surface area contributed by atoms with Crippen LogP contribution in [0.1, 0.15) is 13.8 Å². The summed E-state index contributed by atoms with van der Waals surface area (Å²) in [5, 5.41) is 16.6. The smallest absolute Gasteiger partial charge is 0.166 e. The summed E-state index contributed by atoms with van der Waals surface area (Å²) in [6.07, 6.45) is 0. The van der Waals surface area contributed by atoms with Crippen molar-refractivity contribution >= 4 is 0 Å². The number of nitrogens with zero attached hydrogens (tertiary/aromatic N) is 2. The van der Waals surface area contributed by atoms with E-state index in [-0.39, 0.29) is 5.57 Å². The van der Waals surface area contributed by atoms with Gasteiger partial charge < -0.3 is 4.74 Å². The minimum Gasteiger partial charge on any atom is -0.496 e. The van der Waals surface area contributed by atoms with Crippen LogP contribution in [0.5, 0.6) is 0 Å². The highest BCUT2D eigenvalue weighted by molar-refractivity contribution is 5.37. The third kappa shape index (κ3) is 2.19. The van der Waals surface area contributed by atoms with E-state index in [9.17, 15) is 0 Å². The lowest BCUT2D eigenvalue weighted by molar-refractivity contribution is 0.230. The normalized spacial score (nSPS) is 7.20. The zero-order valence-corrected chi connectivity index (χ0v) is 6.01. The third-order valence-corrected chi connectivity index (χ3v) is 0.937. The van der Waals surface area contributed by atoms with Crippen molar-refractivity contribution in [1.82, 2.24) is 0 Å². The van der Waals surface area contributed by atoms with Gasteiger partial charge >= 0.3 is 0 Å². The number of nitriles is 2. The van der Waals surface area contributed by atoms with Gasteiger partial charge in [-0.3, -0.25) is 0 Å². The van der Waals surface area contributed by atoms with E-state index in [0.29, 0.717) is 12.4 Å². The molecule has 3 nitrogen and oxygen atoms in total. The van der Waals surface area contributed by atoms with E-state index in [1.807, 2.05) is 0 Å². The molecule has 0 saturated carbocycles. The van der Waals surface area contributed by atoms with Crippen LogP contribution in [0.2, 0.25) is 0 Å². The molecule has 0 aliphatic rings. The van der Waals surface area contributed by atoms with Crippen LogP contribution in [0.25, 0.3) is 0 Å². The van der Waals surface area contributed by atoms with Crippen LogP contribution in [-0.4, -0.2) is 6.61 Å². The molecule has 0 radical (unpaired) electrons. The average Bonchev–Trinajstić information content (AvgIpc) is 1.91. The van der Waals surface area contributed by atoms with E-state index in [0.717, 1.165) is 0 Å². The van der Waals surface area contributed by atoms with Crippen molar-refractivity contribution in [2.24, 2.45) is 0 Å². The maximum Gasteiger partial charge on any atom is 0.166 e. The lowest BCUT2D eigenvalue weighted by Gasteiger charge is -1.99. The molecule has 0 aromatic rings. The molecular weight excluding hydrogens is 130 g/mol. The Balaban J connectivity index is 4.36. The summed E-state index contributed by atoms with van der Waals surface area (Å²) in [4.78, 5) is 0. The van der Waals surface area contributed by atoms with E-state index in [1.165, 1.54) is 0 Å². The Morgan fingerprint density at radius 3 is 2.20 bits per heavy atom. The molecule has 0 unspecified atom stereocenters. The van der Waals surface area contributed by atoms with Gasteiger partial charge in [0, 0.05) is 0 Å². The number of allylic oxidation sites excluding steroid dienone is 2. The second-order valence-electron chi connectivity index (χ2n) is 1.59. The minimum atomic E-state index is 0.0434. The summed E-state index contributed by atoms with van der Waals surface area (Å²) < 4.78 is 4.92. The van der Waals surface area contributed by atoms with Crippen molar-refractivity contribution in [3.05, 3.63) is 11.3 Å². The molecule has 3 heteroatoms. The molecule has 0 aliphatic heterocycles. The van der Waals surface area contributed by atoms with E-state index >= 15 is 0 Å². The number of rotatable bonds is 2. The highest BCUT2D eigenvalue weighted by Gasteiger charge is 1.98. The second kappa shape index (κ2) is 4.40. The van der Waals surface area contributed by atoms with Crippen LogP contribution in [0.3, 0.4) is 0 Å². The topological polar surface area (TPSA) is 56.8 Å². The molecule has 0 heterocycles. The van der Waals surface area contributed by atoms with Gasteiger partial charge in [-0.2, -0.15) is 10.5 Å². The number of hydrogen-bond donors (Lipinski definition) is 0. The van der Waals surface area contributed by atoms with Gasteiger partial charge in [0.25, 0.3) is 0 Å². The average molecular weight is 138 g/mol. The number of hydrogen-bond acceptors (Lipinski definition) is 3. The van der Waals surface area contributed by atoms with Crippen molar-refractivity contribution in [2.75, 3.05) is 6.61 Å². The molecule has 0 rings (SSSR count). The maximum absolute atomic E-state index is 8.31. The molecule has 0 bridgehead atoms. The van der Waals surface area contributed by atoms with E-state index in [1.54, 1.807) is 26.0 Å². The van der Waals surface area contributed by atoms with Crippen LogP contribution < -0.4 is 0 Å². The Kier molecular flexibility index (Phi) is 3.75. The summed E-state index contributed by atoms with van der Waals surface area (Å²) in [6.45, 7) is 3.89. The molecule has 0 aromatic heterocycles. The highest BCUT2D eigenvalue weighted by Crippen LogP contribution is 2.02. The van der Waals surface area contributed by atoms with E-state index < -0.39 is 0 Å². The molecule has 10 heavy (non-hydrogen) atoms. The Morgan fingerprint density at radius 1 is 1.40 bits per heavy atom. The van der Waals surface area contributed by atoms with E-state index in [2.05, 4.69) is 0 Å². The Morgan fingerprint density at radius 2 is 1.90 bits per heavy atom. The van der Waals surface area contributed by atoms with Crippen molar-refractivity contribution in [3.8, 4) is 12.1 Å². The summed E-state index contributed by atoms with van der Waals surface area (Å²) in [7, 11) is 0. The van der Waals surface area contributed by atoms with Gasteiger partial charge in [0.2, 0.25) is 0 Å². The van der Waals surface area contributed by atoms with Crippen molar-refractivity contribution < 1.29 is 4.74 Å². The molecule has 52 valence electrons. The van der Waals surface area contributed by atoms with Crippen LogP contribution >= 0.6 is 0 Å². The van der Waals surface area contributed by atoms with Crippen molar-refractivity contribution in [3.63, 3.8) is 0 Å². The predicted molar refractivity (Wildman–Crippen MR) is 35.6 cm³/mol. The molecule has 0 aromatic carbocycles. The van der Waals surface area contributed by atoms with Crippen molar-refractivity contribution in [2.45, 2.75) is 13.8 Å². The van der Waals surface area contributed by atoms with Gasteiger partial charge in [0.05, 0.1) is 6.61 Å². The summed E-state index contributed by atoms with van der Waals surface area (Å²) in [5.74, 6) is 0.396. The molecule has 0 saturated heterocycles. The van der Waals surface area contributed by atoms with Crippen molar-refractivity contribution in [1.29, 1.82) is 10.5 Å². The quantitative estimate of drug-likeness (QED) is 0.328. The summed E-state index contributed by atoms with van der Waals surface area (Å²) >= 11 is 0. The molecule has 0 fully saturated rings. The zero-order valence-electron chi connectivity index (χ0n) is 6.01. The van der Waals surface area contributed by atoms with Gasteiger partial charge in [-0.15, -0.1) is 0 Å². The lowest BCUT2D eigenvalue weighted by Crippen LogP contribution is -1.90. The van der Waals surface area contributed by atoms with Gasteiger partial charge in [0.1, 0.15) is 17.9 Å². The van der Waals surface area contributed by atoms with Gasteiger partial charge in [-0.25, -0.2) is 0 Å². The monoisotopic (exact) mass is 138 g/mol. The molecule has 0 aliphatic carbocycles. The molecule has 0 spiro atoms. The zero-order chi connectivity index (χ0) is 7.98. The largest absolute Gasteiger partial charge is 0.496 e. The van der Waals surface area contributed by atoms with Gasteiger partial charge in [-0.1, -0.05) is 0 Å². The van der Waals surface area contributed by atoms with Crippen LogP contribution in [0.4, 0.5) is 0 Å². The lowest BCUT2D eigenvalue weighted by atomic mass is 10.4. The molecule has 0 N–H and O–H groups in total. The molecule has 0 amide bonds. The third-order valence-electron chi connectivity index (χ3n) is 0.937. The first-order valence-electron chi connectivity index (χ1n) is 2.90. The fourth-order valence-corrected chi connectivity index (χ4v) is 0.471. The fraction of sp³-hybridized carbons (Fsp3) is 0.429. The van der Waals surface area contributed by atoms with E-state index in [4.69, 9.17) is 15.3 Å².